The molecule has 0 unspecified atom stereocenters. The van der Waals surface area contributed by atoms with Gasteiger partial charge in [0.25, 0.3) is 0 Å². The van der Waals surface area contributed by atoms with E-state index in [9.17, 15) is 0 Å². The molecule has 2 aromatic rings. The van der Waals surface area contributed by atoms with Crippen molar-refractivity contribution in [3.63, 3.8) is 0 Å². The molecule has 0 saturated heterocycles. The second-order valence-corrected chi connectivity index (χ2v) is 2.33. The van der Waals surface area contributed by atoms with Crippen LogP contribution in [-0.2, 0) is 0 Å². The first kappa shape index (κ1) is 16.9. The van der Waals surface area contributed by atoms with Crippen LogP contribution in [0.3, 0.4) is 0 Å². The number of hydrogen-bond acceptors (Lipinski definition) is 3. The van der Waals surface area contributed by atoms with E-state index in [4.69, 9.17) is 5.73 Å². The Morgan fingerprint density at radius 3 is 2.53 bits per heavy atom. The van der Waals surface area contributed by atoms with E-state index < -0.39 is 0 Å². The topological polar surface area (TPSA) is 56.2 Å². The van der Waals surface area contributed by atoms with E-state index in [0.717, 1.165) is 11.2 Å². The zero-order valence-electron chi connectivity index (χ0n) is 9.57. The van der Waals surface area contributed by atoms with Crippen molar-refractivity contribution in [2.45, 2.75) is 20.8 Å². The van der Waals surface area contributed by atoms with Crippen LogP contribution in [0.15, 0.2) is 12.4 Å². The minimum Gasteiger partial charge on any atom is -0.429 e. The van der Waals surface area contributed by atoms with Gasteiger partial charge in [0, 0.05) is 12.5 Å². The van der Waals surface area contributed by atoms with E-state index in [-0.39, 0.29) is 38.5 Å². The third kappa shape index (κ3) is 3.51. The summed E-state index contributed by atoms with van der Waals surface area (Å²) in [5, 5.41) is 0. The Kier molecular flexibility index (Phi) is 8.69. The predicted molar refractivity (Wildman–Crippen MR) is 58.7 cm³/mol. The summed E-state index contributed by atoms with van der Waals surface area (Å²) in [6, 6.07) is 0. The molecule has 0 atom stereocenters. The summed E-state index contributed by atoms with van der Waals surface area (Å²) in [5.41, 5.74) is 7.31. The first-order chi connectivity index (χ1) is 6.29. The van der Waals surface area contributed by atoms with E-state index in [2.05, 4.69) is 16.3 Å². The fraction of sp³-hybridized carbons (Fsp3) is 0.300. The summed E-state index contributed by atoms with van der Waals surface area (Å²) in [4.78, 5) is 7.91. The number of nitrogens with zero attached hydrogens (tertiary/aromatic N) is 3. The van der Waals surface area contributed by atoms with Gasteiger partial charge in [0.2, 0.25) is 0 Å². The zero-order chi connectivity index (χ0) is 9.84. The van der Waals surface area contributed by atoms with Gasteiger partial charge in [-0.1, -0.05) is 27.0 Å². The molecule has 0 radical (unpaired) electrons. The molecule has 2 N–H and O–H groups in total. The van der Waals surface area contributed by atoms with Crippen LogP contribution in [0.1, 0.15) is 19.5 Å². The van der Waals surface area contributed by atoms with Crippen LogP contribution in [0.5, 0.6) is 0 Å². The molecule has 4 nitrogen and oxygen atoms in total. The van der Waals surface area contributed by atoms with Gasteiger partial charge in [0.05, 0.1) is 5.82 Å². The van der Waals surface area contributed by atoms with Crippen molar-refractivity contribution in [2.75, 3.05) is 5.73 Å². The maximum atomic E-state index is 5.61. The third-order valence-corrected chi connectivity index (χ3v) is 1.58. The van der Waals surface area contributed by atoms with E-state index in [1.807, 2.05) is 20.8 Å². The van der Waals surface area contributed by atoms with Crippen LogP contribution in [0, 0.1) is 51.8 Å². The standard InChI is InChI=1S/C7H7N4.C2H6.CH3.U/c1-5-6-7(8)9-2-3-11(6)4-10-5;1-2;;/h2-3H,1H3,(H2,8,9);1-2H3;1H3;/q-1;;-1;+2. The van der Waals surface area contributed by atoms with Crippen LogP contribution < -0.4 is 5.73 Å². The number of aromatic nitrogens is 3. The molecular weight excluding hydrogens is 414 g/mol. The predicted octanol–water partition coefficient (Wildman–Crippen LogP) is 1.90. The van der Waals surface area contributed by atoms with Crippen molar-refractivity contribution in [1.82, 2.24) is 14.4 Å². The maximum Gasteiger partial charge on any atom is 2.00 e. The average molecular weight is 430 g/mol. The van der Waals surface area contributed by atoms with Crippen molar-refractivity contribution in [2.24, 2.45) is 0 Å². The molecule has 0 spiro atoms. The van der Waals surface area contributed by atoms with Crippen LogP contribution in [0.2, 0.25) is 0 Å². The van der Waals surface area contributed by atoms with E-state index in [0.29, 0.717) is 5.82 Å². The van der Waals surface area contributed by atoms with Crippen molar-refractivity contribution in [1.29, 1.82) is 0 Å². The fourth-order valence-electron chi connectivity index (χ4n) is 1.06. The Balaban J connectivity index is 0. The quantitative estimate of drug-likeness (QED) is 0.650. The number of aryl methyl sites for hydroxylation is 1. The number of nitrogen functional groups attached to an aromatic ring is 1. The molecule has 0 amide bonds. The molecule has 0 aliphatic rings. The van der Waals surface area contributed by atoms with Crippen molar-refractivity contribution in [3.8, 4) is 0 Å². The van der Waals surface area contributed by atoms with Crippen molar-refractivity contribution >= 4 is 11.3 Å². The van der Waals surface area contributed by atoms with Crippen LogP contribution in [-0.4, -0.2) is 14.4 Å². The van der Waals surface area contributed by atoms with Gasteiger partial charge in [-0.15, -0.1) is 0 Å². The Morgan fingerprint density at radius 2 is 2.00 bits per heavy atom. The van der Waals surface area contributed by atoms with Crippen LogP contribution in [0.25, 0.3) is 5.52 Å². The van der Waals surface area contributed by atoms with Gasteiger partial charge in [-0.25, -0.2) is 0 Å². The van der Waals surface area contributed by atoms with Crippen LogP contribution in [0.4, 0.5) is 5.82 Å². The largest absolute Gasteiger partial charge is 2.00 e. The van der Waals surface area contributed by atoms with Crippen molar-refractivity contribution in [3.05, 3.63) is 31.8 Å². The Hall–Kier alpha value is -0.528. The molecule has 0 aromatic carbocycles. The molecule has 80 valence electrons. The van der Waals surface area contributed by atoms with Gasteiger partial charge in [-0.3, -0.25) is 4.98 Å². The Bertz CT molecular complexity index is 397. The second-order valence-electron chi connectivity index (χ2n) is 2.33. The average Bonchev–Trinajstić information content (AvgIpc) is 2.53. The summed E-state index contributed by atoms with van der Waals surface area (Å²) in [7, 11) is 0. The number of anilines is 1. The Morgan fingerprint density at radius 1 is 1.40 bits per heavy atom. The molecule has 0 saturated carbocycles. The summed E-state index contributed by atoms with van der Waals surface area (Å²) in [6.45, 7) is 5.88. The normalized spacial score (nSPS) is 8.20. The minimum absolute atomic E-state index is 0. The molecule has 0 aliphatic heterocycles. The molecule has 2 heterocycles. The van der Waals surface area contributed by atoms with E-state index in [1.54, 1.807) is 16.8 Å². The summed E-state index contributed by atoms with van der Waals surface area (Å²) >= 11 is 0. The molecule has 0 fully saturated rings. The second kappa shape index (κ2) is 7.72. The molecule has 5 heteroatoms. The van der Waals surface area contributed by atoms with Gasteiger partial charge in [0.15, 0.2) is 0 Å². The van der Waals surface area contributed by atoms with E-state index >= 15 is 0 Å². The smallest absolute Gasteiger partial charge is 0.429 e. The van der Waals surface area contributed by atoms with Crippen molar-refractivity contribution < 1.29 is 31.1 Å². The Labute approximate surface area is 115 Å². The number of imidazole rings is 1. The number of fused-ring (bicyclic) bond motifs is 1. The van der Waals surface area contributed by atoms with Crippen LogP contribution >= 0.6 is 0 Å². The van der Waals surface area contributed by atoms with Gasteiger partial charge in [-0.2, -0.15) is 0 Å². The van der Waals surface area contributed by atoms with Gasteiger partial charge < -0.3 is 22.5 Å². The van der Waals surface area contributed by atoms with E-state index in [1.165, 1.54) is 0 Å². The summed E-state index contributed by atoms with van der Waals surface area (Å²) in [5.74, 6) is 0.499. The van der Waals surface area contributed by atoms with Gasteiger partial charge in [0.1, 0.15) is 0 Å². The molecule has 0 bridgehead atoms. The number of rotatable bonds is 0. The summed E-state index contributed by atoms with van der Waals surface area (Å²) < 4.78 is 1.73. The first-order valence-corrected chi connectivity index (χ1v) is 4.26. The number of nitrogens with two attached hydrogens (primary N) is 1. The molecular formula is C10H16N4U. The molecule has 15 heavy (non-hydrogen) atoms. The molecule has 0 aliphatic carbocycles. The first-order valence-electron chi connectivity index (χ1n) is 4.26. The van der Waals surface area contributed by atoms with Gasteiger partial charge >= 0.3 is 31.1 Å². The third-order valence-electron chi connectivity index (χ3n) is 1.58. The zero-order valence-corrected chi connectivity index (χ0v) is 13.7. The molecule has 2 rings (SSSR count). The van der Waals surface area contributed by atoms with Gasteiger partial charge in [-0.05, 0) is 11.2 Å². The minimum atomic E-state index is 0. The number of hydrogen-bond donors (Lipinski definition) is 1. The fourth-order valence-corrected chi connectivity index (χ4v) is 1.06. The monoisotopic (exact) mass is 430 g/mol. The molecule has 2 aromatic heterocycles. The maximum absolute atomic E-state index is 5.61. The SMILES string of the molecule is CC.Cc1n[c-]n2ccnc(N)c12.[CH3-].[U+2]. The summed E-state index contributed by atoms with van der Waals surface area (Å²) in [6.07, 6.45) is 6.17.